The Labute approximate surface area is 117 Å². The molecule has 0 aliphatic rings. The van der Waals surface area contributed by atoms with Crippen LogP contribution in [0.4, 0.5) is 0 Å². The average molecular weight is 268 g/mol. The van der Waals surface area contributed by atoms with Gasteiger partial charge in [0.05, 0.1) is 6.61 Å². The number of hydrogen-bond donors (Lipinski definition) is 1. The fourth-order valence-corrected chi connectivity index (χ4v) is 1.88. The zero-order valence-corrected chi connectivity index (χ0v) is 12.7. The van der Waals surface area contributed by atoms with Crippen LogP contribution in [0.5, 0.6) is 0 Å². The van der Waals surface area contributed by atoms with Crippen molar-refractivity contribution in [2.24, 2.45) is 0 Å². The van der Waals surface area contributed by atoms with E-state index in [1.165, 1.54) is 18.1 Å². The molecule has 0 rings (SSSR count). The van der Waals surface area contributed by atoms with Gasteiger partial charge in [0.25, 0.3) is 0 Å². The van der Waals surface area contributed by atoms with Gasteiger partial charge in [0.2, 0.25) is 0 Å². The smallest absolute Gasteiger partial charge is 0.302 e. The van der Waals surface area contributed by atoms with Crippen molar-refractivity contribution in [3.8, 4) is 0 Å². The second kappa shape index (κ2) is 10.8. The van der Waals surface area contributed by atoms with Crippen molar-refractivity contribution in [2.75, 3.05) is 6.61 Å². The predicted molar refractivity (Wildman–Crippen MR) is 78.9 cm³/mol. The molecule has 0 spiro atoms. The standard InChI is InChI=1S/C16H28O3/c1-5-16(19-15(4)18)10-9-13(2)7-6-8-14(3)11-12-17/h7,11,16-17H,5-6,8-10,12H2,1-4H3. The van der Waals surface area contributed by atoms with Crippen LogP contribution in [-0.2, 0) is 9.53 Å². The summed E-state index contributed by atoms with van der Waals surface area (Å²) in [5.74, 6) is -0.196. The Bertz CT molecular complexity index is 316. The summed E-state index contributed by atoms with van der Waals surface area (Å²) < 4.78 is 5.22. The molecular weight excluding hydrogens is 240 g/mol. The molecule has 0 radical (unpaired) electrons. The van der Waals surface area contributed by atoms with Crippen molar-refractivity contribution in [3.05, 3.63) is 23.3 Å². The van der Waals surface area contributed by atoms with E-state index < -0.39 is 0 Å². The third-order valence-corrected chi connectivity index (χ3v) is 3.12. The molecule has 0 aliphatic heterocycles. The number of ether oxygens (including phenoxy) is 1. The molecule has 0 bridgehead atoms. The van der Waals surface area contributed by atoms with E-state index in [9.17, 15) is 4.79 Å². The first-order chi connectivity index (χ1) is 8.99. The van der Waals surface area contributed by atoms with Crippen molar-refractivity contribution in [1.82, 2.24) is 0 Å². The topological polar surface area (TPSA) is 46.5 Å². The average Bonchev–Trinajstić information content (AvgIpc) is 2.34. The Morgan fingerprint density at radius 1 is 1.16 bits per heavy atom. The highest BCUT2D eigenvalue weighted by atomic mass is 16.5. The Morgan fingerprint density at radius 2 is 1.79 bits per heavy atom. The number of rotatable bonds is 9. The molecule has 1 atom stereocenters. The number of carbonyl (C=O) groups excluding carboxylic acids is 1. The van der Waals surface area contributed by atoms with E-state index in [4.69, 9.17) is 9.84 Å². The van der Waals surface area contributed by atoms with Crippen molar-refractivity contribution in [3.63, 3.8) is 0 Å². The van der Waals surface area contributed by atoms with Crippen LogP contribution in [0.2, 0.25) is 0 Å². The molecule has 0 aromatic heterocycles. The van der Waals surface area contributed by atoms with Crippen LogP contribution in [0.1, 0.15) is 59.8 Å². The van der Waals surface area contributed by atoms with E-state index >= 15 is 0 Å². The molecule has 0 aromatic carbocycles. The van der Waals surface area contributed by atoms with E-state index in [0.29, 0.717) is 0 Å². The van der Waals surface area contributed by atoms with Gasteiger partial charge in [-0.15, -0.1) is 0 Å². The van der Waals surface area contributed by atoms with Crippen molar-refractivity contribution in [2.45, 2.75) is 65.9 Å². The maximum Gasteiger partial charge on any atom is 0.302 e. The zero-order chi connectivity index (χ0) is 14.7. The summed E-state index contributed by atoms with van der Waals surface area (Å²) in [5, 5.41) is 8.76. The van der Waals surface area contributed by atoms with Gasteiger partial charge in [0, 0.05) is 6.92 Å². The molecular formula is C16H28O3. The maximum absolute atomic E-state index is 10.9. The largest absolute Gasteiger partial charge is 0.463 e. The lowest BCUT2D eigenvalue weighted by Crippen LogP contribution is -2.15. The summed E-state index contributed by atoms with van der Waals surface area (Å²) in [6.45, 7) is 7.77. The first kappa shape index (κ1) is 17.9. The number of aliphatic hydroxyl groups is 1. The first-order valence-electron chi connectivity index (χ1n) is 7.08. The molecule has 0 heterocycles. The summed E-state index contributed by atoms with van der Waals surface area (Å²) in [5.41, 5.74) is 2.56. The van der Waals surface area contributed by atoms with Crippen LogP contribution in [0.15, 0.2) is 23.3 Å². The van der Waals surface area contributed by atoms with Crippen LogP contribution in [0.25, 0.3) is 0 Å². The molecule has 0 saturated heterocycles. The molecule has 0 fully saturated rings. The van der Waals surface area contributed by atoms with Gasteiger partial charge in [-0.25, -0.2) is 0 Å². The summed E-state index contributed by atoms with van der Waals surface area (Å²) >= 11 is 0. The Hall–Kier alpha value is -1.09. The molecule has 0 saturated carbocycles. The third kappa shape index (κ3) is 10.5. The van der Waals surface area contributed by atoms with Gasteiger partial charge in [-0.3, -0.25) is 4.79 Å². The van der Waals surface area contributed by atoms with E-state index in [-0.39, 0.29) is 18.7 Å². The quantitative estimate of drug-likeness (QED) is 0.511. The van der Waals surface area contributed by atoms with E-state index in [2.05, 4.69) is 13.0 Å². The van der Waals surface area contributed by atoms with Crippen molar-refractivity contribution >= 4 is 5.97 Å². The normalized spacial score (nSPS) is 14.4. The minimum absolute atomic E-state index is 0.0388. The molecule has 110 valence electrons. The van der Waals surface area contributed by atoms with Gasteiger partial charge in [-0.1, -0.05) is 30.2 Å². The number of esters is 1. The monoisotopic (exact) mass is 268 g/mol. The van der Waals surface area contributed by atoms with Gasteiger partial charge in [-0.2, -0.15) is 0 Å². The maximum atomic E-state index is 10.9. The van der Waals surface area contributed by atoms with Crippen LogP contribution in [-0.4, -0.2) is 23.8 Å². The molecule has 0 aromatic rings. The lowest BCUT2D eigenvalue weighted by molar-refractivity contribution is -0.146. The second-order valence-electron chi connectivity index (χ2n) is 5.00. The molecule has 19 heavy (non-hydrogen) atoms. The van der Waals surface area contributed by atoms with Crippen molar-refractivity contribution in [1.29, 1.82) is 0 Å². The van der Waals surface area contributed by atoms with Gasteiger partial charge in [0.15, 0.2) is 0 Å². The molecule has 3 nitrogen and oxygen atoms in total. The molecule has 0 amide bonds. The minimum Gasteiger partial charge on any atom is -0.463 e. The second-order valence-corrected chi connectivity index (χ2v) is 5.00. The number of allylic oxidation sites excluding steroid dienone is 3. The summed E-state index contributed by atoms with van der Waals surface area (Å²) in [6, 6.07) is 0. The number of hydrogen-bond acceptors (Lipinski definition) is 3. The zero-order valence-electron chi connectivity index (χ0n) is 12.7. The van der Waals surface area contributed by atoms with Crippen LogP contribution < -0.4 is 0 Å². The Kier molecular flexibility index (Phi) is 10.2. The SMILES string of the molecule is CCC(CCC(C)=CCCC(C)=CCO)OC(C)=O. The summed E-state index contributed by atoms with van der Waals surface area (Å²) in [6.07, 6.45) is 8.82. The van der Waals surface area contributed by atoms with Gasteiger partial charge in [0.1, 0.15) is 6.10 Å². The highest BCUT2D eigenvalue weighted by Gasteiger charge is 2.09. The molecule has 3 heteroatoms. The fourth-order valence-electron chi connectivity index (χ4n) is 1.88. The molecule has 1 unspecified atom stereocenters. The van der Waals surface area contributed by atoms with Gasteiger partial charge < -0.3 is 9.84 Å². The Balaban J connectivity index is 3.98. The van der Waals surface area contributed by atoms with E-state index in [0.717, 1.165) is 32.1 Å². The van der Waals surface area contributed by atoms with Crippen LogP contribution in [0, 0.1) is 0 Å². The number of carbonyl (C=O) groups is 1. The highest BCUT2D eigenvalue weighted by molar-refractivity contribution is 5.66. The lowest BCUT2D eigenvalue weighted by atomic mass is 10.0. The number of aliphatic hydroxyl groups excluding tert-OH is 1. The summed E-state index contributed by atoms with van der Waals surface area (Å²) in [7, 11) is 0. The van der Waals surface area contributed by atoms with Crippen LogP contribution >= 0.6 is 0 Å². The lowest BCUT2D eigenvalue weighted by Gasteiger charge is -2.14. The fraction of sp³-hybridized carbons (Fsp3) is 0.688. The third-order valence-electron chi connectivity index (χ3n) is 3.12. The first-order valence-corrected chi connectivity index (χ1v) is 7.08. The predicted octanol–water partition coefficient (Wildman–Crippen LogP) is 3.77. The highest BCUT2D eigenvalue weighted by Crippen LogP contribution is 2.14. The molecule has 0 aliphatic carbocycles. The Morgan fingerprint density at radius 3 is 2.32 bits per heavy atom. The van der Waals surface area contributed by atoms with E-state index in [1.54, 1.807) is 0 Å². The van der Waals surface area contributed by atoms with Crippen molar-refractivity contribution < 1.29 is 14.6 Å². The van der Waals surface area contributed by atoms with E-state index in [1.807, 2.05) is 19.9 Å². The van der Waals surface area contributed by atoms with Gasteiger partial charge in [-0.05, 0) is 46.0 Å². The molecule has 1 N–H and O–H groups in total. The van der Waals surface area contributed by atoms with Crippen LogP contribution in [0.3, 0.4) is 0 Å². The van der Waals surface area contributed by atoms with Gasteiger partial charge >= 0.3 is 5.97 Å². The minimum atomic E-state index is -0.196. The summed E-state index contributed by atoms with van der Waals surface area (Å²) in [4.78, 5) is 10.9.